The Bertz CT molecular complexity index is 730. The first-order valence-corrected chi connectivity index (χ1v) is 12.6. The van der Waals surface area contributed by atoms with Crippen LogP contribution in [-0.4, -0.2) is 94.3 Å². The molecule has 0 aromatic carbocycles. The average Bonchev–Trinajstić information content (AvgIpc) is 2.70. The minimum Gasteiger partial charge on any atom is -0.342 e. The number of hydrogen-bond donors (Lipinski definition) is 1. The number of piperidine rings is 1. The van der Waals surface area contributed by atoms with Crippen LogP contribution < -0.4 is 5.32 Å². The molecule has 4 aliphatic rings. The van der Waals surface area contributed by atoms with Gasteiger partial charge in [0, 0.05) is 43.9 Å². The molecule has 0 aromatic rings. The van der Waals surface area contributed by atoms with Crippen LogP contribution >= 0.6 is 23.2 Å². The van der Waals surface area contributed by atoms with Crippen molar-refractivity contribution in [2.45, 2.75) is 74.6 Å². The van der Waals surface area contributed by atoms with Gasteiger partial charge < -0.3 is 14.7 Å². The molecule has 180 valence electrons. The van der Waals surface area contributed by atoms with Crippen LogP contribution in [-0.2, 0) is 14.4 Å². The van der Waals surface area contributed by atoms with E-state index in [9.17, 15) is 18.8 Å². The highest BCUT2D eigenvalue weighted by atomic mass is 35.5. The van der Waals surface area contributed by atoms with Gasteiger partial charge in [0.1, 0.15) is 24.9 Å². The Balaban J connectivity index is 1.48. The number of rotatable bonds is 5. The molecule has 3 aliphatic heterocycles. The second-order valence-electron chi connectivity index (χ2n) is 9.87. The smallest absolute Gasteiger partial charge is 0.247 e. The van der Waals surface area contributed by atoms with E-state index in [-0.39, 0.29) is 47.4 Å². The van der Waals surface area contributed by atoms with Gasteiger partial charge in [-0.05, 0) is 50.4 Å². The summed E-state index contributed by atoms with van der Waals surface area (Å²) < 4.78 is 14.8. The van der Waals surface area contributed by atoms with Gasteiger partial charge in [0.15, 0.2) is 0 Å². The van der Waals surface area contributed by atoms with Crippen molar-refractivity contribution in [1.82, 2.24) is 20.0 Å². The first-order valence-electron chi connectivity index (χ1n) is 11.7. The number of amides is 3. The molecule has 3 saturated heterocycles. The van der Waals surface area contributed by atoms with Crippen molar-refractivity contribution in [2.75, 3.05) is 32.7 Å². The van der Waals surface area contributed by atoms with Crippen molar-refractivity contribution in [3.05, 3.63) is 0 Å². The van der Waals surface area contributed by atoms with Crippen molar-refractivity contribution < 1.29 is 18.8 Å². The highest BCUT2D eigenvalue weighted by Gasteiger charge is 2.47. The molecule has 32 heavy (non-hydrogen) atoms. The van der Waals surface area contributed by atoms with E-state index in [4.69, 9.17) is 23.2 Å². The summed E-state index contributed by atoms with van der Waals surface area (Å²) in [5, 5.41) is 2.89. The fraction of sp³-hybridized carbons (Fsp3) is 0.864. The van der Waals surface area contributed by atoms with E-state index < -0.39 is 18.4 Å². The van der Waals surface area contributed by atoms with Crippen molar-refractivity contribution >= 4 is 40.9 Å². The van der Waals surface area contributed by atoms with Crippen LogP contribution in [0.4, 0.5) is 4.39 Å². The Hall–Kier alpha value is -1.12. The van der Waals surface area contributed by atoms with Gasteiger partial charge in [0.2, 0.25) is 17.7 Å². The monoisotopic (exact) mass is 490 g/mol. The Morgan fingerprint density at radius 2 is 1.78 bits per heavy atom. The van der Waals surface area contributed by atoms with Crippen LogP contribution in [0.15, 0.2) is 0 Å². The van der Waals surface area contributed by atoms with Crippen LogP contribution in [0.25, 0.3) is 0 Å². The summed E-state index contributed by atoms with van der Waals surface area (Å²) in [6.07, 6.45) is 2.24. The zero-order valence-electron chi connectivity index (χ0n) is 18.5. The SMILES string of the molecule is CC(=O)N1CC(CC2C(=O)N(C3NCC(Cl)CC3F)CC(=O)N2CC2CCC(Cl)CC2)C1. The fourth-order valence-electron chi connectivity index (χ4n) is 5.52. The molecule has 4 fully saturated rings. The predicted molar refractivity (Wildman–Crippen MR) is 120 cm³/mol. The lowest BCUT2D eigenvalue weighted by atomic mass is 9.86. The molecule has 4 unspecified atom stereocenters. The number of alkyl halides is 3. The van der Waals surface area contributed by atoms with E-state index in [0.29, 0.717) is 38.5 Å². The molecular formula is C22H33Cl2FN4O3. The Morgan fingerprint density at radius 1 is 1.09 bits per heavy atom. The molecule has 0 radical (unpaired) electrons. The molecule has 0 aromatic heterocycles. The molecular weight excluding hydrogens is 458 g/mol. The first-order chi connectivity index (χ1) is 15.2. The van der Waals surface area contributed by atoms with Gasteiger partial charge in [0.05, 0.1) is 0 Å². The second-order valence-corrected chi connectivity index (χ2v) is 11.1. The van der Waals surface area contributed by atoms with Crippen molar-refractivity contribution in [1.29, 1.82) is 0 Å². The molecule has 1 saturated carbocycles. The standard InChI is InChI=1S/C22H33Cl2FN4O3/c1-13(30)27-9-15(10-27)6-19-22(32)29(21-18(25)7-17(24)8-26-21)12-20(31)28(19)11-14-2-4-16(23)5-3-14/h14-19,21,26H,2-12H2,1H3. The summed E-state index contributed by atoms with van der Waals surface area (Å²) in [5.74, 6) is 0.169. The van der Waals surface area contributed by atoms with Gasteiger partial charge >= 0.3 is 0 Å². The van der Waals surface area contributed by atoms with Crippen molar-refractivity contribution in [3.8, 4) is 0 Å². The Morgan fingerprint density at radius 3 is 2.41 bits per heavy atom. The largest absolute Gasteiger partial charge is 0.342 e. The zero-order chi connectivity index (χ0) is 23.0. The molecule has 4 rings (SSSR count). The maximum atomic E-state index is 14.8. The van der Waals surface area contributed by atoms with E-state index >= 15 is 0 Å². The number of piperazine rings is 1. The number of carbonyl (C=O) groups excluding carboxylic acids is 3. The lowest BCUT2D eigenvalue weighted by molar-refractivity contribution is -0.163. The van der Waals surface area contributed by atoms with Gasteiger partial charge in [-0.25, -0.2) is 4.39 Å². The highest BCUT2D eigenvalue weighted by molar-refractivity contribution is 6.21. The number of nitrogens with one attached hydrogen (secondary N) is 1. The molecule has 4 atom stereocenters. The Labute approximate surface area is 198 Å². The van der Waals surface area contributed by atoms with Crippen LogP contribution in [0.3, 0.4) is 0 Å². The van der Waals surface area contributed by atoms with Gasteiger partial charge in [-0.15, -0.1) is 23.2 Å². The third-order valence-electron chi connectivity index (χ3n) is 7.47. The maximum absolute atomic E-state index is 14.8. The van der Waals surface area contributed by atoms with E-state index in [1.165, 1.54) is 11.8 Å². The van der Waals surface area contributed by atoms with E-state index in [1.807, 2.05) is 0 Å². The average molecular weight is 491 g/mol. The summed E-state index contributed by atoms with van der Waals surface area (Å²) >= 11 is 12.3. The van der Waals surface area contributed by atoms with Crippen LogP contribution in [0, 0.1) is 11.8 Å². The van der Waals surface area contributed by atoms with E-state index in [2.05, 4.69) is 5.32 Å². The van der Waals surface area contributed by atoms with Crippen LogP contribution in [0.1, 0.15) is 45.4 Å². The molecule has 3 heterocycles. The Kier molecular flexibility index (Phi) is 7.52. The normalized spacial score (nSPS) is 36.9. The summed E-state index contributed by atoms with van der Waals surface area (Å²) in [6.45, 7) is 3.55. The molecule has 3 amide bonds. The number of hydrogen-bond acceptors (Lipinski definition) is 4. The third kappa shape index (κ3) is 5.17. The van der Waals surface area contributed by atoms with Crippen LogP contribution in [0.2, 0.25) is 0 Å². The minimum absolute atomic E-state index is 0.0194. The molecule has 0 spiro atoms. The maximum Gasteiger partial charge on any atom is 0.247 e. The second kappa shape index (κ2) is 10.0. The number of likely N-dealkylation sites (tertiary alicyclic amines) is 1. The quantitative estimate of drug-likeness (QED) is 0.597. The lowest BCUT2D eigenvalue weighted by Gasteiger charge is -2.49. The van der Waals surface area contributed by atoms with Gasteiger partial charge in [-0.3, -0.25) is 19.7 Å². The summed E-state index contributed by atoms with van der Waals surface area (Å²) in [5.41, 5.74) is 0. The summed E-state index contributed by atoms with van der Waals surface area (Å²) in [4.78, 5) is 43.2. The summed E-state index contributed by atoms with van der Waals surface area (Å²) in [6, 6.07) is -0.619. The minimum atomic E-state index is -1.31. The third-order valence-corrected chi connectivity index (χ3v) is 8.24. The zero-order valence-corrected chi connectivity index (χ0v) is 20.0. The highest BCUT2D eigenvalue weighted by Crippen LogP contribution is 2.33. The molecule has 0 bridgehead atoms. The van der Waals surface area contributed by atoms with Gasteiger partial charge in [-0.2, -0.15) is 0 Å². The predicted octanol–water partition coefficient (Wildman–Crippen LogP) is 1.96. The number of nitrogens with zero attached hydrogens (tertiary/aromatic N) is 3. The lowest BCUT2D eigenvalue weighted by Crippen LogP contribution is -2.69. The van der Waals surface area contributed by atoms with Crippen LogP contribution in [0.5, 0.6) is 0 Å². The molecule has 1 aliphatic carbocycles. The van der Waals surface area contributed by atoms with Gasteiger partial charge in [-0.1, -0.05) is 0 Å². The molecule has 7 nitrogen and oxygen atoms in total. The fourth-order valence-corrected chi connectivity index (χ4v) is 6.03. The number of halogens is 3. The molecule has 10 heteroatoms. The summed E-state index contributed by atoms with van der Waals surface area (Å²) in [7, 11) is 0. The van der Waals surface area contributed by atoms with Crippen molar-refractivity contribution in [2.24, 2.45) is 11.8 Å². The topological polar surface area (TPSA) is 73.0 Å². The van der Waals surface area contributed by atoms with E-state index in [0.717, 1.165) is 25.7 Å². The van der Waals surface area contributed by atoms with Crippen molar-refractivity contribution in [3.63, 3.8) is 0 Å². The molecule has 1 N–H and O–H groups in total. The van der Waals surface area contributed by atoms with E-state index in [1.54, 1.807) is 9.80 Å². The first kappa shape index (κ1) is 24.0. The van der Waals surface area contributed by atoms with Gasteiger partial charge in [0.25, 0.3) is 0 Å². The number of carbonyl (C=O) groups is 3.